The highest BCUT2D eigenvalue weighted by Crippen LogP contribution is 2.39. The Kier molecular flexibility index (Phi) is 6.51. The lowest BCUT2D eigenvalue weighted by Crippen LogP contribution is -2.42. The van der Waals surface area contributed by atoms with Crippen molar-refractivity contribution in [3.63, 3.8) is 0 Å². The van der Waals surface area contributed by atoms with Crippen molar-refractivity contribution in [2.24, 2.45) is 5.92 Å². The summed E-state index contributed by atoms with van der Waals surface area (Å²) in [6.07, 6.45) is 9.93. The lowest BCUT2D eigenvalue weighted by Gasteiger charge is -2.31. The van der Waals surface area contributed by atoms with Gasteiger partial charge in [0.15, 0.2) is 0 Å². The van der Waals surface area contributed by atoms with Gasteiger partial charge in [0, 0.05) is 25.2 Å². The van der Waals surface area contributed by atoms with Crippen molar-refractivity contribution in [3.8, 4) is 0 Å². The largest absolute Gasteiger partial charge is 0.324 e. The fraction of sp³-hybridized carbons (Fsp3) is 0.696. The maximum atomic E-state index is 13.3. The molecule has 30 heavy (non-hydrogen) atoms. The Bertz CT molecular complexity index is 858. The van der Waals surface area contributed by atoms with E-state index in [1.165, 1.54) is 23.6 Å². The molecule has 1 N–H and O–H groups in total. The third-order valence-electron chi connectivity index (χ3n) is 7.08. The number of sulfonamides is 1. The topological polar surface area (TPSA) is 69.7 Å². The lowest BCUT2D eigenvalue weighted by molar-refractivity contribution is -0.118. The second-order valence-electron chi connectivity index (χ2n) is 9.34. The Balaban J connectivity index is 1.47. The van der Waals surface area contributed by atoms with E-state index in [0.29, 0.717) is 30.2 Å². The van der Waals surface area contributed by atoms with E-state index in [1.807, 2.05) is 0 Å². The SMILES string of the molecule is CC(C1CC1)N(CC(=O)Nc1ccccc1S(=O)(=O)N(C)C1CCCCC1)C1CC1. The summed E-state index contributed by atoms with van der Waals surface area (Å²) >= 11 is 0. The predicted octanol–water partition coefficient (Wildman–Crippen LogP) is 3.84. The van der Waals surface area contributed by atoms with E-state index in [0.717, 1.165) is 38.5 Å². The van der Waals surface area contributed by atoms with Gasteiger partial charge in [-0.2, -0.15) is 4.31 Å². The van der Waals surface area contributed by atoms with Crippen LogP contribution in [-0.2, 0) is 14.8 Å². The van der Waals surface area contributed by atoms with E-state index < -0.39 is 10.0 Å². The smallest absolute Gasteiger partial charge is 0.245 e. The standard InChI is InChI=1S/C23H35N3O3S/c1-17(18-12-13-18)26(20-14-15-20)16-23(27)24-21-10-6-7-11-22(21)30(28,29)25(2)19-8-4-3-5-9-19/h6-7,10-11,17-20H,3-5,8-9,12-16H2,1-2H3,(H,24,27). The molecule has 1 atom stereocenters. The van der Waals surface area contributed by atoms with Crippen molar-refractivity contribution in [3.05, 3.63) is 24.3 Å². The van der Waals surface area contributed by atoms with Gasteiger partial charge in [0.2, 0.25) is 15.9 Å². The number of nitrogens with zero attached hydrogens (tertiary/aromatic N) is 2. The van der Waals surface area contributed by atoms with Crippen LogP contribution in [0, 0.1) is 5.92 Å². The molecule has 166 valence electrons. The van der Waals surface area contributed by atoms with Crippen molar-refractivity contribution in [1.82, 2.24) is 9.21 Å². The maximum absolute atomic E-state index is 13.3. The van der Waals surface area contributed by atoms with Gasteiger partial charge in [0.1, 0.15) is 4.90 Å². The number of hydrogen-bond donors (Lipinski definition) is 1. The van der Waals surface area contributed by atoms with Crippen molar-refractivity contribution >= 4 is 21.6 Å². The van der Waals surface area contributed by atoms with E-state index in [1.54, 1.807) is 31.3 Å². The number of hydrogen-bond acceptors (Lipinski definition) is 4. The van der Waals surface area contributed by atoms with Gasteiger partial charge >= 0.3 is 0 Å². The van der Waals surface area contributed by atoms with Crippen molar-refractivity contribution in [1.29, 1.82) is 0 Å². The molecule has 3 aliphatic rings. The van der Waals surface area contributed by atoms with Crippen LogP contribution in [0.15, 0.2) is 29.2 Å². The summed E-state index contributed by atoms with van der Waals surface area (Å²) in [7, 11) is -1.99. The number of rotatable bonds is 9. The van der Waals surface area contributed by atoms with E-state index in [2.05, 4.69) is 17.1 Å². The molecule has 3 fully saturated rings. The summed E-state index contributed by atoms with van der Waals surface area (Å²) in [5.41, 5.74) is 0.389. The lowest BCUT2D eigenvalue weighted by atomic mass is 9.96. The molecule has 1 unspecified atom stereocenters. The monoisotopic (exact) mass is 433 g/mol. The Hall–Kier alpha value is -1.44. The fourth-order valence-electron chi connectivity index (χ4n) is 4.81. The molecule has 1 aromatic carbocycles. The van der Waals surface area contributed by atoms with Crippen LogP contribution in [0.5, 0.6) is 0 Å². The molecule has 0 aromatic heterocycles. The number of amides is 1. The van der Waals surface area contributed by atoms with Crippen LogP contribution in [0.2, 0.25) is 0 Å². The first-order chi connectivity index (χ1) is 14.4. The third kappa shape index (κ3) is 4.89. The molecule has 3 aliphatic carbocycles. The summed E-state index contributed by atoms with van der Waals surface area (Å²) in [5, 5.41) is 2.92. The number of carbonyl (C=O) groups is 1. The van der Waals surface area contributed by atoms with Gasteiger partial charge in [-0.1, -0.05) is 31.4 Å². The molecule has 0 heterocycles. The Morgan fingerprint density at radius 3 is 2.33 bits per heavy atom. The van der Waals surface area contributed by atoms with Crippen LogP contribution in [0.4, 0.5) is 5.69 Å². The molecule has 3 saturated carbocycles. The van der Waals surface area contributed by atoms with Crippen LogP contribution in [-0.4, -0.2) is 55.2 Å². The second-order valence-corrected chi connectivity index (χ2v) is 11.3. The minimum Gasteiger partial charge on any atom is -0.324 e. The third-order valence-corrected chi connectivity index (χ3v) is 9.04. The predicted molar refractivity (Wildman–Crippen MR) is 119 cm³/mol. The van der Waals surface area contributed by atoms with Crippen LogP contribution in [0.1, 0.15) is 64.7 Å². The van der Waals surface area contributed by atoms with Gasteiger partial charge in [-0.05, 0) is 63.5 Å². The molecule has 7 heteroatoms. The Morgan fingerprint density at radius 2 is 1.70 bits per heavy atom. The van der Waals surface area contributed by atoms with E-state index in [9.17, 15) is 13.2 Å². The van der Waals surface area contributed by atoms with E-state index in [-0.39, 0.29) is 16.8 Å². The number of nitrogens with one attached hydrogen (secondary N) is 1. The number of para-hydroxylation sites is 1. The zero-order valence-corrected chi connectivity index (χ0v) is 19.0. The molecule has 0 saturated heterocycles. The molecule has 0 spiro atoms. The Labute approximate surface area is 181 Å². The molecule has 0 bridgehead atoms. The second kappa shape index (κ2) is 8.97. The van der Waals surface area contributed by atoms with Crippen LogP contribution in [0.25, 0.3) is 0 Å². The number of carbonyl (C=O) groups excluding carboxylic acids is 1. The summed E-state index contributed by atoms with van der Waals surface area (Å²) in [6, 6.07) is 7.77. The Morgan fingerprint density at radius 1 is 1.03 bits per heavy atom. The van der Waals surface area contributed by atoms with Gasteiger partial charge in [-0.15, -0.1) is 0 Å². The summed E-state index contributed by atoms with van der Waals surface area (Å²) in [4.78, 5) is 15.4. The van der Waals surface area contributed by atoms with E-state index in [4.69, 9.17) is 0 Å². The van der Waals surface area contributed by atoms with Gasteiger partial charge in [-0.3, -0.25) is 9.69 Å². The molecule has 4 rings (SSSR count). The highest BCUT2D eigenvalue weighted by atomic mass is 32.2. The van der Waals surface area contributed by atoms with Crippen molar-refractivity contribution < 1.29 is 13.2 Å². The quantitative estimate of drug-likeness (QED) is 0.642. The molecule has 1 aromatic rings. The minimum absolute atomic E-state index is 0.0391. The summed E-state index contributed by atoms with van der Waals surface area (Å²) in [6.45, 7) is 2.55. The molecule has 6 nitrogen and oxygen atoms in total. The zero-order chi connectivity index (χ0) is 21.3. The maximum Gasteiger partial charge on any atom is 0.245 e. The van der Waals surface area contributed by atoms with Crippen LogP contribution >= 0.6 is 0 Å². The van der Waals surface area contributed by atoms with Gasteiger partial charge in [0.05, 0.1) is 12.2 Å². The van der Waals surface area contributed by atoms with Crippen molar-refractivity contribution in [2.75, 3.05) is 18.9 Å². The highest BCUT2D eigenvalue weighted by Gasteiger charge is 2.40. The van der Waals surface area contributed by atoms with Crippen molar-refractivity contribution in [2.45, 2.75) is 87.7 Å². The molecular weight excluding hydrogens is 398 g/mol. The molecule has 0 radical (unpaired) electrons. The molecular formula is C23H35N3O3S. The minimum atomic E-state index is -3.66. The molecule has 0 aliphatic heterocycles. The number of anilines is 1. The van der Waals surface area contributed by atoms with Gasteiger partial charge < -0.3 is 5.32 Å². The van der Waals surface area contributed by atoms with E-state index >= 15 is 0 Å². The average molecular weight is 434 g/mol. The van der Waals surface area contributed by atoms with Crippen LogP contribution in [0.3, 0.4) is 0 Å². The average Bonchev–Trinajstić information content (AvgIpc) is 3.65. The first kappa shape index (κ1) is 21.8. The fourth-order valence-corrected chi connectivity index (χ4v) is 6.37. The first-order valence-corrected chi connectivity index (χ1v) is 12.9. The number of benzene rings is 1. The molecule has 1 amide bonds. The summed E-state index contributed by atoms with van der Waals surface area (Å²) < 4.78 is 28.2. The summed E-state index contributed by atoms with van der Waals surface area (Å²) in [5.74, 6) is 0.576. The normalized spacial score (nSPS) is 21.7. The van der Waals surface area contributed by atoms with Crippen LogP contribution < -0.4 is 5.32 Å². The van der Waals surface area contributed by atoms with Gasteiger partial charge in [0.25, 0.3) is 0 Å². The first-order valence-electron chi connectivity index (χ1n) is 11.5. The van der Waals surface area contributed by atoms with Gasteiger partial charge in [-0.25, -0.2) is 8.42 Å². The zero-order valence-electron chi connectivity index (χ0n) is 18.2. The highest BCUT2D eigenvalue weighted by molar-refractivity contribution is 7.89.